The van der Waals surface area contributed by atoms with Crippen molar-refractivity contribution in [3.63, 3.8) is 0 Å². The fourth-order valence-corrected chi connectivity index (χ4v) is 6.71. The van der Waals surface area contributed by atoms with E-state index >= 15 is 0 Å². The lowest BCUT2D eigenvalue weighted by atomic mass is 10.1. The number of halogens is 3. The number of ether oxygens (including phenoxy) is 3. The van der Waals surface area contributed by atoms with E-state index in [4.69, 9.17) is 14.2 Å². The SMILES string of the molecule is CCc1ccccc1-n1nc(C(=O)O)c(C)c1Oc1ccc(NC(=O)c2ccc(OC)c(C(F)(F)F)c2)cc1S(=O)(=O)N1CCOCC1. The van der Waals surface area contributed by atoms with E-state index in [1.807, 2.05) is 19.1 Å². The third-order valence-corrected chi connectivity index (χ3v) is 9.55. The minimum Gasteiger partial charge on any atom is -0.496 e. The number of aromatic nitrogens is 2. The smallest absolute Gasteiger partial charge is 0.419 e. The van der Waals surface area contributed by atoms with Crippen molar-refractivity contribution in [2.24, 2.45) is 0 Å². The molecule has 5 rings (SSSR count). The molecule has 16 heteroatoms. The number of hydrogen-bond donors (Lipinski definition) is 2. The summed E-state index contributed by atoms with van der Waals surface area (Å²) in [4.78, 5) is 24.8. The summed E-state index contributed by atoms with van der Waals surface area (Å²) in [6.07, 6.45) is -4.23. The van der Waals surface area contributed by atoms with Crippen molar-refractivity contribution >= 4 is 27.6 Å². The Hall–Kier alpha value is -4.93. The van der Waals surface area contributed by atoms with Crippen LogP contribution in [0.4, 0.5) is 18.9 Å². The largest absolute Gasteiger partial charge is 0.496 e. The second-order valence-corrected chi connectivity index (χ2v) is 12.5. The van der Waals surface area contributed by atoms with E-state index in [0.29, 0.717) is 18.2 Å². The van der Waals surface area contributed by atoms with Crippen LogP contribution in [0, 0.1) is 6.92 Å². The van der Waals surface area contributed by atoms with Crippen molar-refractivity contribution in [2.45, 2.75) is 31.3 Å². The van der Waals surface area contributed by atoms with Gasteiger partial charge in [0.05, 0.1) is 31.6 Å². The second-order valence-electron chi connectivity index (χ2n) is 10.6. The minimum absolute atomic E-state index is 0.0222. The van der Waals surface area contributed by atoms with Gasteiger partial charge in [0.25, 0.3) is 5.91 Å². The van der Waals surface area contributed by atoms with Crippen LogP contribution in [0.1, 0.15) is 44.5 Å². The summed E-state index contributed by atoms with van der Waals surface area (Å²) >= 11 is 0. The van der Waals surface area contributed by atoms with Gasteiger partial charge in [-0.2, -0.15) is 27.3 Å². The lowest BCUT2D eigenvalue weighted by molar-refractivity contribution is -0.138. The van der Waals surface area contributed by atoms with Crippen molar-refractivity contribution < 1.29 is 50.5 Å². The minimum atomic E-state index is -4.80. The molecule has 254 valence electrons. The fraction of sp³-hybridized carbons (Fsp3) is 0.281. The van der Waals surface area contributed by atoms with E-state index < -0.39 is 39.4 Å². The van der Waals surface area contributed by atoms with Crippen LogP contribution in [0.2, 0.25) is 0 Å². The van der Waals surface area contributed by atoms with Gasteiger partial charge in [0.2, 0.25) is 15.9 Å². The summed E-state index contributed by atoms with van der Waals surface area (Å²) in [6.45, 7) is 3.69. The number of aryl methyl sites for hydroxylation is 1. The molecule has 2 N–H and O–H groups in total. The molecule has 0 spiro atoms. The van der Waals surface area contributed by atoms with Crippen LogP contribution < -0.4 is 14.8 Å². The molecule has 1 amide bonds. The number of benzene rings is 3. The van der Waals surface area contributed by atoms with E-state index in [1.165, 1.54) is 28.0 Å². The lowest BCUT2D eigenvalue weighted by Crippen LogP contribution is -2.40. The molecule has 1 fully saturated rings. The zero-order chi connectivity index (χ0) is 34.8. The van der Waals surface area contributed by atoms with E-state index in [1.54, 1.807) is 12.1 Å². The van der Waals surface area contributed by atoms with Gasteiger partial charge >= 0.3 is 12.1 Å². The molecule has 1 aromatic heterocycles. The van der Waals surface area contributed by atoms with Crippen molar-refractivity contribution in [2.75, 3.05) is 38.7 Å². The molecule has 1 aliphatic heterocycles. The number of para-hydroxylation sites is 1. The summed E-state index contributed by atoms with van der Waals surface area (Å²) in [7, 11) is -3.24. The van der Waals surface area contributed by atoms with Crippen molar-refractivity contribution in [1.29, 1.82) is 0 Å². The number of rotatable bonds is 10. The van der Waals surface area contributed by atoms with E-state index in [9.17, 15) is 36.3 Å². The van der Waals surface area contributed by atoms with E-state index in [0.717, 1.165) is 30.9 Å². The molecule has 12 nitrogen and oxygen atoms in total. The highest BCUT2D eigenvalue weighted by Gasteiger charge is 2.35. The van der Waals surface area contributed by atoms with E-state index in [-0.39, 0.29) is 65.3 Å². The third-order valence-electron chi connectivity index (χ3n) is 7.63. The van der Waals surface area contributed by atoms with Crippen molar-refractivity contribution in [3.8, 4) is 23.1 Å². The average Bonchev–Trinajstić information content (AvgIpc) is 3.40. The first kappa shape index (κ1) is 34.4. The molecule has 0 atom stereocenters. The Morgan fingerprint density at radius 1 is 1.04 bits per heavy atom. The zero-order valence-corrected chi connectivity index (χ0v) is 26.8. The number of aromatic carboxylic acids is 1. The standard InChI is InChI=1S/C32H31F3N4O8S/c1-4-20-7-5-6-8-24(20)39-30(19(2)28(37-39)31(41)42)47-26-12-10-22(18-27(26)48(43,44)38-13-15-46-16-14-38)36-29(40)21-9-11-25(45-3)23(17-21)32(33,34)35/h5-12,17-18H,4,13-16H2,1-3H3,(H,36,40)(H,41,42). The number of carboxylic acid groups (broad SMARTS) is 1. The normalized spacial score (nSPS) is 14.0. The topological polar surface area (TPSA) is 149 Å². The summed E-state index contributed by atoms with van der Waals surface area (Å²) in [5.41, 5.74) is -0.421. The molecule has 3 aromatic carbocycles. The second kappa shape index (κ2) is 13.7. The van der Waals surface area contributed by atoms with Gasteiger partial charge < -0.3 is 24.6 Å². The highest BCUT2D eigenvalue weighted by Crippen LogP contribution is 2.39. The number of anilines is 1. The third kappa shape index (κ3) is 6.86. The van der Waals surface area contributed by atoms with Crippen LogP contribution in [-0.4, -0.2) is 72.9 Å². The quantitative estimate of drug-likeness (QED) is 0.219. The van der Waals surface area contributed by atoms with Gasteiger partial charge in [-0.15, -0.1) is 0 Å². The first-order chi connectivity index (χ1) is 22.8. The molecule has 0 saturated carbocycles. The molecule has 4 aromatic rings. The zero-order valence-electron chi connectivity index (χ0n) is 26.0. The summed E-state index contributed by atoms with van der Waals surface area (Å²) in [5.74, 6) is -3.00. The molecule has 0 radical (unpaired) electrons. The number of morpholine rings is 1. The van der Waals surface area contributed by atoms with Gasteiger partial charge in [-0.05, 0) is 61.4 Å². The van der Waals surface area contributed by atoms with Crippen molar-refractivity contribution in [1.82, 2.24) is 14.1 Å². The predicted molar refractivity (Wildman–Crippen MR) is 167 cm³/mol. The molecule has 48 heavy (non-hydrogen) atoms. The Morgan fingerprint density at radius 3 is 2.38 bits per heavy atom. The van der Waals surface area contributed by atoms with Crippen LogP contribution in [0.3, 0.4) is 0 Å². The van der Waals surface area contributed by atoms with Crippen LogP contribution in [0.5, 0.6) is 17.4 Å². The Labute approximate surface area is 273 Å². The number of carbonyl (C=O) groups is 2. The van der Waals surface area contributed by atoms with Crippen LogP contribution in [0.15, 0.2) is 65.6 Å². The maximum absolute atomic E-state index is 14.0. The number of nitrogens with one attached hydrogen (secondary N) is 1. The van der Waals surface area contributed by atoms with Crippen molar-refractivity contribution in [3.05, 3.63) is 88.6 Å². The van der Waals surface area contributed by atoms with Gasteiger partial charge in [0, 0.05) is 29.9 Å². The molecular weight excluding hydrogens is 657 g/mol. The lowest BCUT2D eigenvalue weighted by Gasteiger charge is -2.27. The maximum Gasteiger partial charge on any atom is 0.419 e. The molecule has 0 bridgehead atoms. The Kier molecular flexibility index (Phi) is 9.79. The van der Waals surface area contributed by atoms with Crippen LogP contribution >= 0.6 is 0 Å². The van der Waals surface area contributed by atoms with E-state index in [2.05, 4.69) is 10.4 Å². The highest BCUT2D eigenvalue weighted by atomic mass is 32.2. The number of amides is 1. The molecule has 1 aliphatic rings. The average molecular weight is 689 g/mol. The number of carboxylic acids is 1. The van der Waals surface area contributed by atoms with Gasteiger partial charge in [-0.3, -0.25) is 4.79 Å². The predicted octanol–water partition coefficient (Wildman–Crippen LogP) is 5.53. The Morgan fingerprint density at radius 2 is 1.73 bits per heavy atom. The number of sulfonamides is 1. The first-order valence-electron chi connectivity index (χ1n) is 14.6. The van der Waals surface area contributed by atoms with Gasteiger partial charge in [-0.25, -0.2) is 13.2 Å². The number of hydrogen-bond acceptors (Lipinski definition) is 8. The molecule has 1 saturated heterocycles. The number of carbonyl (C=O) groups excluding carboxylic acids is 1. The van der Waals surface area contributed by atoms with Crippen LogP contribution in [0.25, 0.3) is 5.69 Å². The Bertz CT molecular complexity index is 1970. The van der Waals surface area contributed by atoms with Crippen LogP contribution in [-0.2, 0) is 27.4 Å². The molecule has 0 aliphatic carbocycles. The molecular formula is C32H31F3N4O8S. The Balaban J connectivity index is 1.60. The van der Waals surface area contributed by atoms with Gasteiger partial charge in [0.1, 0.15) is 16.4 Å². The fourth-order valence-electron chi connectivity index (χ4n) is 5.16. The monoisotopic (exact) mass is 688 g/mol. The molecule has 0 unspecified atom stereocenters. The summed E-state index contributed by atoms with van der Waals surface area (Å²) < 4.78 is 87.6. The number of alkyl halides is 3. The summed E-state index contributed by atoms with van der Waals surface area (Å²) in [5, 5.41) is 16.6. The summed E-state index contributed by atoms with van der Waals surface area (Å²) in [6, 6.07) is 13.6. The first-order valence-corrected chi connectivity index (χ1v) is 16.1. The maximum atomic E-state index is 14.0. The van der Waals surface area contributed by atoms with Gasteiger partial charge in [-0.1, -0.05) is 25.1 Å². The van der Waals surface area contributed by atoms with Gasteiger partial charge in [0.15, 0.2) is 5.69 Å². The molecule has 2 heterocycles. The number of nitrogens with zero attached hydrogens (tertiary/aromatic N) is 3. The number of methoxy groups -OCH3 is 1. The highest BCUT2D eigenvalue weighted by molar-refractivity contribution is 7.89.